The van der Waals surface area contributed by atoms with Crippen LogP contribution < -0.4 is 10.5 Å². The Morgan fingerprint density at radius 2 is 2.36 bits per heavy atom. The van der Waals surface area contributed by atoms with Gasteiger partial charge in [0.1, 0.15) is 11.9 Å². The molecule has 1 aliphatic rings. The summed E-state index contributed by atoms with van der Waals surface area (Å²) in [5.74, 6) is -0.318. The van der Waals surface area contributed by atoms with Crippen molar-refractivity contribution in [2.45, 2.75) is 19.4 Å². The average Bonchev–Trinajstić information content (AvgIpc) is 2.45. The van der Waals surface area contributed by atoms with E-state index in [0.29, 0.717) is 11.4 Å². The smallest absolute Gasteiger partial charge is 0.335 e. The Labute approximate surface area is 81.3 Å². The van der Waals surface area contributed by atoms with Crippen molar-refractivity contribution in [3.05, 3.63) is 23.3 Å². The number of nitrogens with two attached hydrogens (primary N) is 1. The van der Waals surface area contributed by atoms with Gasteiger partial charge in [-0.3, -0.25) is 0 Å². The lowest BCUT2D eigenvalue weighted by Gasteiger charge is -2.06. The minimum absolute atomic E-state index is 0.0799. The summed E-state index contributed by atoms with van der Waals surface area (Å²) in [4.78, 5) is 10.7. The maximum Gasteiger partial charge on any atom is 0.335 e. The van der Waals surface area contributed by atoms with E-state index in [0.717, 1.165) is 12.0 Å². The first-order valence-electron chi connectivity index (χ1n) is 4.40. The topological polar surface area (TPSA) is 72.5 Å². The molecule has 2 rings (SSSR count). The number of rotatable bonds is 1. The summed E-state index contributed by atoms with van der Waals surface area (Å²) in [6.07, 6.45) is 0.803. The second kappa shape index (κ2) is 2.90. The summed E-state index contributed by atoms with van der Waals surface area (Å²) in [5, 5.41) is 8.81. The van der Waals surface area contributed by atoms with Gasteiger partial charge in [0.05, 0.1) is 11.3 Å². The zero-order valence-corrected chi connectivity index (χ0v) is 7.78. The number of anilines is 1. The molecule has 1 unspecified atom stereocenters. The third kappa shape index (κ3) is 1.28. The number of benzene rings is 1. The van der Waals surface area contributed by atoms with Crippen molar-refractivity contribution in [2.75, 3.05) is 5.73 Å². The van der Waals surface area contributed by atoms with Crippen molar-refractivity contribution < 1.29 is 14.6 Å². The summed E-state index contributed by atoms with van der Waals surface area (Å²) < 4.78 is 5.45. The number of hydrogen-bond donors (Lipinski definition) is 2. The number of ether oxygens (including phenoxy) is 1. The van der Waals surface area contributed by atoms with Crippen LogP contribution in [-0.4, -0.2) is 17.2 Å². The van der Waals surface area contributed by atoms with Crippen LogP contribution in [-0.2, 0) is 6.42 Å². The molecule has 1 aromatic rings. The molecule has 0 fully saturated rings. The van der Waals surface area contributed by atoms with Gasteiger partial charge in [-0.25, -0.2) is 4.79 Å². The standard InChI is InChI=1S/C10H11NO3/c1-5-2-6-3-7(10(12)13)4-8(11)9(6)14-5/h3-5H,2,11H2,1H3,(H,12,13). The predicted octanol–water partition coefficient (Wildman–Crippen LogP) is 1.29. The summed E-state index contributed by atoms with van der Waals surface area (Å²) in [6.45, 7) is 1.93. The van der Waals surface area contributed by atoms with Crippen LogP contribution in [0, 0.1) is 0 Å². The van der Waals surface area contributed by atoms with Gasteiger partial charge in [-0.05, 0) is 19.1 Å². The van der Waals surface area contributed by atoms with Gasteiger partial charge in [0, 0.05) is 12.0 Å². The molecule has 1 aliphatic heterocycles. The molecule has 0 saturated carbocycles. The molecule has 1 atom stereocenters. The molecule has 0 radical (unpaired) electrons. The summed E-state index contributed by atoms with van der Waals surface area (Å²) in [6, 6.07) is 3.05. The molecule has 1 aromatic carbocycles. The molecule has 0 saturated heterocycles. The van der Waals surface area contributed by atoms with E-state index in [9.17, 15) is 4.79 Å². The van der Waals surface area contributed by atoms with Crippen molar-refractivity contribution in [1.29, 1.82) is 0 Å². The Hall–Kier alpha value is -1.71. The highest BCUT2D eigenvalue weighted by molar-refractivity contribution is 5.90. The third-order valence-corrected chi connectivity index (χ3v) is 2.27. The van der Waals surface area contributed by atoms with Gasteiger partial charge in [-0.1, -0.05) is 0 Å². The molecule has 0 amide bonds. The molecule has 0 aromatic heterocycles. The highest BCUT2D eigenvalue weighted by Gasteiger charge is 2.23. The Morgan fingerprint density at radius 1 is 1.64 bits per heavy atom. The van der Waals surface area contributed by atoms with Crippen LogP contribution >= 0.6 is 0 Å². The summed E-state index contributed by atoms with van der Waals surface area (Å²) in [7, 11) is 0. The average molecular weight is 193 g/mol. The fourth-order valence-corrected chi connectivity index (χ4v) is 1.68. The zero-order valence-electron chi connectivity index (χ0n) is 7.78. The first-order chi connectivity index (χ1) is 6.58. The lowest BCUT2D eigenvalue weighted by atomic mass is 10.1. The van der Waals surface area contributed by atoms with Crippen LogP contribution in [0.15, 0.2) is 12.1 Å². The maximum absolute atomic E-state index is 10.7. The SMILES string of the molecule is CC1Cc2cc(C(=O)O)cc(N)c2O1. The molecule has 1 heterocycles. The third-order valence-electron chi connectivity index (χ3n) is 2.27. The largest absolute Gasteiger partial charge is 0.488 e. The monoisotopic (exact) mass is 193 g/mol. The number of fused-ring (bicyclic) bond motifs is 1. The van der Waals surface area contributed by atoms with Crippen molar-refractivity contribution >= 4 is 11.7 Å². The number of carbonyl (C=O) groups is 1. The molecule has 3 N–H and O–H groups in total. The first kappa shape index (κ1) is 8.87. The van der Waals surface area contributed by atoms with Crippen LogP contribution in [0.5, 0.6) is 5.75 Å². The van der Waals surface area contributed by atoms with Gasteiger partial charge in [0.15, 0.2) is 0 Å². The second-order valence-electron chi connectivity index (χ2n) is 3.49. The van der Waals surface area contributed by atoms with E-state index in [2.05, 4.69) is 0 Å². The lowest BCUT2D eigenvalue weighted by molar-refractivity contribution is 0.0697. The zero-order chi connectivity index (χ0) is 10.3. The molecule has 0 bridgehead atoms. The van der Waals surface area contributed by atoms with E-state index in [1.54, 1.807) is 6.07 Å². The minimum Gasteiger partial charge on any atom is -0.488 e. The normalized spacial score (nSPS) is 18.8. The van der Waals surface area contributed by atoms with E-state index in [1.165, 1.54) is 6.07 Å². The Morgan fingerprint density at radius 3 is 3.00 bits per heavy atom. The van der Waals surface area contributed by atoms with E-state index in [1.807, 2.05) is 6.92 Å². The van der Waals surface area contributed by atoms with Crippen LogP contribution in [0.3, 0.4) is 0 Å². The molecular weight excluding hydrogens is 182 g/mol. The maximum atomic E-state index is 10.7. The molecular formula is C10H11NO3. The van der Waals surface area contributed by atoms with Crippen molar-refractivity contribution in [2.24, 2.45) is 0 Å². The van der Waals surface area contributed by atoms with Crippen molar-refractivity contribution in [3.8, 4) is 5.75 Å². The van der Waals surface area contributed by atoms with Gasteiger partial charge in [0.25, 0.3) is 0 Å². The molecule has 0 spiro atoms. The minimum atomic E-state index is -0.959. The van der Waals surface area contributed by atoms with Crippen LogP contribution in [0.1, 0.15) is 22.8 Å². The van der Waals surface area contributed by atoms with Gasteiger partial charge >= 0.3 is 5.97 Å². The Bertz CT molecular complexity index is 401. The van der Waals surface area contributed by atoms with Crippen LogP contribution in [0.25, 0.3) is 0 Å². The van der Waals surface area contributed by atoms with Gasteiger partial charge < -0.3 is 15.6 Å². The number of carboxylic acids is 1. The number of aromatic carboxylic acids is 1. The molecule has 4 heteroatoms. The lowest BCUT2D eigenvalue weighted by Crippen LogP contribution is -2.05. The van der Waals surface area contributed by atoms with E-state index >= 15 is 0 Å². The predicted molar refractivity (Wildman–Crippen MR) is 51.6 cm³/mol. The van der Waals surface area contributed by atoms with Crippen molar-refractivity contribution in [3.63, 3.8) is 0 Å². The summed E-state index contributed by atoms with van der Waals surface area (Å²) in [5.41, 5.74) is 7.20. The number of carboxylic acid groups (broad SMARTS) is 1. The molecule has 4 nitrogen and oxygen atoms in total. The molecule has 0 aliphatic carbocycles. The van der Waals surface area contributed by atoms with Gasteiger partial charge in [0.2, 0.25) is 0 Å². The highest BCUT2D eigenvalue weighted by atomic mass is 16.5. The van der Waals surface area contributed by atoms with Crippen LogP contribution in [0.2, 0.25) is 0 Å². The van der Waals surface area contributed by atoms with Gasteiger partial charge in [-0.15, -0.1) is 0 Å². The fraction of sp³-hybridized carbons (Fsp3) is 0.300. The fourth-order valence-electron chi connectivity index (χ4n) is 1.68. The van der Waals surface area contributed by atoms with E-state index < -0.39 is 5.97 Å². The number of nitrogen functional groups attached to an aromatic ring is 1. The summed E-state index contributed by atoms with van der Waals surface area (Å²) >= 11 is 0. The molecule has 14 heavy (non-hydrogen) atoms. The Kier molecular flexibility index (Phi) is 1.84. The Balaban J connectivity index is 2.51. The highest BCUT2D eigenvalue weighted by Crippen LogP contribution is 2.35. The van der Waals surface area contributed by atoms with Crippen molar-refractivity contribution in [1.82, 2.24) is 0 Å². The second-order valence-corrected chi connectivity index (χ2v) is 3.49. The quantitative estimate of drug-likeness (QED) is 0.659. The van der Waals surface area contributed by atoms with E-state index in [4.69, 9.17) is 15.6 Å². The number of hydrogen-bond acceptors (Lipinski definition) is 3. The van der Waals surface area contributed by atoms with E-state index in [-0.39, 0.29) is 11.7 Å². The van der Waals surface area contributed by atoms with Gasteiger partial charge in [-0.2, -0.15) is 0 Å². The van der Waals surface area contributed by atoms with Crippen LogP contribution in [0.4, 0.5) is 5.69 Å². The first-order valence-corrected chi connectivity index (χ1v) is 4.40. The molecule has 74 valence electrons.